The normalized spacial score (nSPS) is 11.9. The SMILES string of the molecule is CCCCCCCCCCCCCCCC(=O)O[C@H](COC(=O)CCCCCCCCC)COC(=O)CCCCCCCCCCCC(C)C. The van der Waals surface area contributed by atoms with Crippen molar-refractivity contribution < 1.29 is 28.6 Å². The van der Waals surface area contributed by atoms with Crippen molar-refractivity contribution in [2.45, 2.75) is 246 Å². The van der Waals surface area contributed by atoms with E-state index in [4.69, 9.17) is 14.2 Å². The van der Waals surface area contributed by atoms with E-state index in [9.17, 15) is 14.4 Å². The summed E-state index contributed by atoms with van der Waals surface area (Å²) in [5.41, 5.74) is 0. The maximum atomic E-state index is 12.7. The summed E-state index contributed by atoms with van der Waals surface area (Å²) < 4.78 is 16.6. The van der Waals surface area contributed by atoms with Gasteiger partial charge in [-0.2, -0.15) is 0 Å². The molecule has 0 spiro atoms. The lowest BCUT2D eigenvalue weighted by atomic mass is 10.0. The fraction of sp³-hybridized carbons (Fsp3) is 0.932. The predicted molar refractivity (Wildman–Crippen MR) is 210 cm³/mol. The minimum atomic E-state index is -0.757. The number of unbranched alkanes of at least 4 members (excludes halogenated alkanes) is 26. The van der Waals surface area contributed by atoms with Gasteiger partial charge in [-0.25, -0.2) is 0 Å². The van der Waals surface area contributed by atoms with Gasteiger partial charge in [-0.3, -0.25) is 14.4 Å². The van der Waals surface area contributed by atoms with Gasteiger partial charge in [0.2, 0.25) is 0 Å². The van der Waals surface area contributed by atoms with Crippen LogP contribution in [0.3, 0.4) is 0 Å². The first-order valence-corrected chi connectivity index (χ1v) is 21.9. The molecular weight excluding hydrogens is 624 g/mol. The van der Waals surface area contributed by atoms with Gasteiger partial charge in [0, 0.05) is 19.3 Å². The third-order valence-electron chi connectivity index (χ3n) is 9.79. The number of hydrogen-bond acceptors (Lipinski definition) is 6. The topological polar surface area (TPSA) is 78.9 Å². The average molecular weight is 709 g/mol. The van der Waals surface area contributed by atoms with E-state index in [0.717, 1.165) is 63.7 Å². The molecule has 0 aliphatic rings. The molecule has 0 saturated carbocycles. The van der Waals surface area contributed by atoms with Crippen molar-refractivity contribution in [1.29, 1.82) is 0 Å². The molecule has 50 heavy (non-hydrogen) atoms. The summed E-state index contributed by atoms with van der Waals surface area (Å²) in [5, 5.41) is 0. The zero-order valence-corrected chi connectivity index (χ0v) is 33.9. The molecule has 1 atom stereocenters. The molecule has 0 aromatic rings. The van der Waals surface area contributed by atoms with Crippen LogP contribution in [0.15, 0.2) is 0 Å². The summed E-state index contributed by atoms with van der Waals surface area (Å²) in [6.45, 7) is 8.93. The standard InChI is InChI=1S/C44H84O6/c1-5-7-9-11-13-14-15-16-17-20-25-29-33-37-44(47)50-41(38-48-42(45)35-31-27-22-12-10-8-6-2)39-49-43(46)36-32-28-24-21-18-19-23-26-30-34-40(3)4/h40-41H,5-39H2,1-4H3/t41-/m1/s1. The summed E-state index contributed by atoms with van der Waals surface area (Å²) in [7, 11) is 0. The molecule has 0 heterocycles. The van der Waals surface area contributed by atoms with E-state index in [0.29, 0.717) is 19.3 Å². The highest BCUT2D eigenvalue weighted by Gasteiger charge is 2.19. The molecule has 0 bridgehead atoms. The second kappa shape index (κ2) is 38.6. The van der Waals surface area contributed by atoms with Gasteiger partial charge < -0.3 is 14.2 Å². The molecule has 6 heteroatoms. The average Bonchev–Trinajstić information content (AvgIpc) is 3.09. The van der Waals surface area contributed by atoms with Gasteiger partial charge in [0.05, 0.1) is 0 Å². The van der Waals surface area contributed by atoms with E-state index in [1.54, 1.807) is 0 Å². The molecule has 296 valence electrons. The molecule has 0 unspecified atom stereocenters. The Balaban J connectivity index is 4.29. The molecule has 0 aromatic heterocycles. The van der Waals surface area contributed by atoms with Crippen LogP contribution in [-0.2, 0) is 28.6 Å². The Morgan fingerprint density at radius 1 is 0.380 bits per heavy atom. The van der Waals surface area contributed by atoms with Crippen molar-refractivity contribution in [3.8, 4) is 0 Å². The predicted octanol–water partition coefficient (Wildman–Crippen LogP) is 13.6. The minimum Gasteiger partial charge on any atom is -0.462 e. The van der Waals surface area contributed by atoms with E-state index in [1.165, 1.54) is 135 Å². The molecule has 0 fully saturated rings. The number of carbonyl (C=O) groups excluding carboxylic acids is 3. The first kappa shape index (κ1) is 48.4. The summed E-state index contributed by atoms with van der Waals surface area (Å²) in [6.07, 6.45) is 36.7. The Kier molecular flexibility index (Phi) is 37.4. The highest BCUT2D eigenvalue weighted by molar-refractivity contribution is 5.71. The van der Waals surface area contributed by atoms with Gasteiger partial charge in [-0.15, -0.1) is 0 Å². The maximum Gasteiger partial charge on any atom is 0.306 e. The molecule has 0 saturated heterocycles. The minimum absolute atomic E-state index is 0.0648. The van der Waals surface area contributed by atoms with Crippen LogP contribution in [0, 0.1) is 5.92 Å². The monoisotopic (exact) mass is 709 g/mol. The van der Waals surface area contributed by atoms with E-state index in [1.807, 2.05) is 0 Å². The largest absolute Gasteiger partial charge is 0.462 e. The van der Waals surface area contributed by atoms with Gasteiger partial charge >= 0.3 is 17.9 Å². The van der Waals surface area contributed by atoms with Gasteiger partial charge in [-0.1, -0.05) is 201 Å². The smallest absolute Gasteiger partial charge is 0.306 e. The molecular formula is C44H84O6. The highest BCUT2D eigenvalue weighted by atomic mass is 16.6. The quantitative estimate of drug-likeness (QED) is 0.0359. The molecule has 0 radical (unpaired) electrons. The van der Waals surface area contributed by atoms with Crippen molar-refractivity contribution in [2.24, 2.45) is 5.92 Å². The Hall–Kier alpha value is -1.59. The molecule has 0 N–H and O–H groups in total. The lowest BCUT2D eigenvalue weighted by Gasteiger charge is -2.18. The van der Waals surface area contributed by atoms with Crippen LogP contribution in [0.25, 0.3) is 0 Å². The van der Waals surface area contributed by atoms with Crippen LogP contribution in [-0.4, -0.2) is 37.2 Å². The molecule has 0 aliphatic carbocycles. The van der Waals surface area contributed by atoms with Crippen LogP contribution in [0.4, 0.5) is 0 Å². The number of hydrogen-bond donors (Lipinski definition) is 0. The Morgan fingerprint density at radius 2 is 0.660 bits per heavy atom. The fourth-order valence-corrected chi connectivity index (χ4v) is 6.45. The number of carbonyl (C=O) groups is 3. The molecule has 6 nitrogen and oxygen atoms in total. The Labute approximate surface area is 310 Å². The number of esters is 3. The van der Waals surface area contributed by atoms with E-state index >= 15 is 0 Å². The van der Waals surface area contributed by atoms with Crippen molar-refractivity contribution in [3.05, 3.63) is 0 Å². The van der Waals surface area contributed by atoms with Crippen LogP contribution in [0.5, 0.6) is 0 Å². The van der Waals surface area contributed by atoms with Gasteiger partial charge in [0.15, 0.2) is 6.10 Å². The van der Waals surface area contributed by atoms with Crippen LogP contribution < -0.4 is 0 Å². The van der Waals surface area contributed by atoms with Crippen molar-refractivity contribution in [1.82, 2.24) is 0 Å². The first-order chi connectivity index (χ1) is 24.4. The fourth-order valence-electron chi connectivity index (χ4n) is 6.45. The lowest BCUT2D eigenvalue weighted by Crippen LogP contribution is -2.30. The Morgan fingerprint density at radius 3 is 0.980 bits per heavy atom. The molecule has 0 rings (SSSR count). The second-order valence-corrected chi connectivity index (χ2v) is 15.5. The van der Waals surface area contributed by atoms with Gasteiger partial charge in [-0.05, 0) is 25.2 Å². The first-order valence-electron chi connectivity index (χ1n) is 21.9. The van der Waals surface area contributed by atoms with Crippen molar-refractivity contribution >= 4 is 17.9 Å². The molecule has 0 aliphatic heterocycles. The Bertz CT molecular complexity index is 751. The van der Waals surface area contributed by atoms with Gasteiger partial charge in [0.1, 0.15) is 13.2 Å². The van der Waals surface area contributed by atoms with Crippen molar-refractivity contribution in [3.63, 3.8) is 0 Å². The van der Waals surface area contributed by atoms with E-state index in [-0.39, 0.29) is 31.1 Å². The van der Waals surface area contributed by atoms with E-state index < -0.39 is 6.10 Å². The molecule has 0 aromatic carbocycles. The summed E-state index contributed by atoms with van der Waals surface area (Å²) in [5.74, 6) is -0.0549. The lowest BCUT2D eigenvalue weighted by molar-refractivity contribution is -0.167. The third-order valence-corrected chi connectivity index (χ3v) is 9.79. The van der Waals surface area contributed by atoms with Gasteiger partial charge in [0.25, 0.3) is 0 Å². The maximum absolute atomic E-state index is 12.7. The summed E-state index contributed by atoms with van der Waals surface area (Å²) in [6, 6.07) is 0. The van der Waals surface area contributed by atoms with E-state index in [2.05, 4.69) is 27.7 Å². The summed E-state index contributed by atoms with van der Waals surface area (Å²) >= 11 is 0. The van der Waals surface area contributed by atoms with Crippen LogP contribution in [0.2, 0.25) is 0 Å². The second-order valence-electron chi connectivity index (χ2n) is 15.5. The number of ether oxygens (including phenoxy) is 3. The molecule has 0 amide bonds. The number of rotatable bonds is 39. The van der Waals surface area contributed by atoms with Crippen LogP contribution in [0.1, 0.15) is 240 Å². The van der Waals surface area contributed by atoms with Crippen LogP contribution >= 0.6 is 0 Å². The third kappa shape index (κ3) is 37.7. The zero-order valence-electron chi connectivity index (χ0n) is 33.9. The summed E-state index contributed by atoms with van der Waals surface area (Å²) in [4.78, 5) is 37.5. The van der Waals surface area contributed by atoms with Crippen molar-refractivity contribution in [2.75, 3.05) is 13.2 Å². The zero-order chi connectivity index (χ0) is 36.8. The highest BCUT2D eigenvalue weighted by Crippen LogP contribution is 2.16.